The highest BCUT2D eigenvalue weighted by molar-refractivity contribution is 5.85. The fraction of sp³-hybridized carbons (Fsp3) is 0.737. The van der Waals surface area contributed by atoms with E-state index in [2.05, 4.69) is 60.7 Å². The average molecular weight is 324 g/mol. The van der Waals surface area contributed by atoms with E-state index in [1.165, 1.54) is 12.8 Å². The zero-order valence-electron chi connectivity index (χ0n) is 15.9. The molecule has 0 saturated heterocycles. The van der Waals surface area contributed by atoms with E-state index in [0.717, 1.165) is 25.5 Å². The van der Waals surface area contributed by atoms with Gasteiger partial charge >= 0.3 is 0 Å². The summed E-state index contributed by atoms with van der Waals surface area (Å²) in [4.78, 5) is 4.58. The van der Waals surface area contributed by atoms with E-state index in [9.17, 15) is 0 Å². The van der Waals surface area contributed by atoms with E-state index < -0.39 is 0 Å². The van der Waals surface area contributed by atoms with Gasteiger partial charge in [0.2, 0.25) is 0 Å². The predicted molar refractivity (Wildman–Crippen MR) is 102 cm³/mol. The Morgan fingerprint density at radius 3 is 2.52 bits per heavy atom. The van der Waals surface area contributed by atoms with Crippen molar-refractivity contribution in [2.75, 3.05) is 33.9 Å². The monoisotopic (exact) mass is 323 g/mol. The average Bonchev–Trinajstić information content (AvgIpc) is 2.57. The smallest absolute Gasteiger partial charge is 0.0738 e. The van der Waals surface area contributed by atoms with Gasteiger partial charge in [0, 0.05) is 25.4 Å². The van der Waals surface area contributed by atoms with E-state index in [1.807, 2.05) is 14.0 Å². The molecule has 0 spiro atoms. The summed E-state index contributed by atoms with van der Waals surface area (Å²) < 4.78 is 5.22. The molecule has 0 amide bonds. The second kappa shape index (κ2) is 14.6. The normalized spacial score (nSPS) is 17.0. The molecule has 0 saturated carbocycles. The Bertz CT molecular complexity index is 364. The number of allylic oxidation sites excluding steroid dienone is 4. The van der Waals surface area contributed by atoms with Crippen LogP contribution in [0.5, 0.6) is 0 Å². The summed E-state index contributed by atoms with van der Waals surface area (Å²) in [6, 6.07) is 0. The van der Waals surface area contributed by atoms with Crippen molar-refractivity contribution in [2.24, 2.45) is 16.8 Å². The van der Waals surface area contributed by atoms with Crippen molar-refractivity contribution in [3.8, 4) is 0 Å². The second-order valence-electron chi connectivity index (χ2n) is 6.07. The maximum absolute atomic E-state index is 5.22. The summed E-state index contributed by atoms with van der Waals surface area (Å²) in [7, 11) is 3.68. The highest BCUT2D eigenvalue weighted by Gasteiger charge is 2.03. The van der Waals surface area contributed by atoms with Crippen molar-refractivity contribution in [3.63, 3.8) is 0 Å². The third-order valence-electron chi connectivity index (χ3n) is 4.07. The van der Waals surface area contributed by atoms with Gasteiger partial charge in [0.15, 0.2) is 0 Å². The molecule has 3 unspecified atom stereocenters. The first-order chi connectivity index (χ1) is 11.0. The molecule has 0 aliphatic heterocycles. The molecular weight excluding hydrogens is 286 g/mol. The van der Waals surface area contributed by atoms with Crippen LogP contribution < -0.4 is 10.6 Å². The number of hydrogen-bond donors (Lipinski definition) is 2. The van der Waals surface area contributed by atoms with Crippen LogP contribution >= 0.6 is 0 Å². The standard InChI is InChI=1S/C19H37N3O/c1-7-19(12-13-21-15-20-5)11-9-8-10-16(2)18(4)22-14-17(3)23-6/h8-11,16-17,19-21H,7,12-15H2,1-6H3/b10-8+,11-9?,22-18?. The highest BCUT2D eigenvalue weighted by Crippen LogP contribution is 2.09. The third kappa shape index (κ3) is 12.2. The molecule has 0 aromatic rings. The Hall–Kier alpha value is -0.970. The SMILES string of the molecule is CCC(C=C/C=C/C(C)C(C)=NCC(C)OC)CCNCNC. The summed E-state index contributed by atoms with van der Waals surface area (Å²) in [5, 5.41) is 6.46. The Morgan fingerprint density at radius 1 is 1.22 bits per heavy atom. The number of aliphatic imine (C=N–C) groups is 1. The van der Waals surface area contributed by atoms with Gasteiger partial charge in [-0.25, -0.2) is 0 Å². The summed E-state index contributed by atoms with van der Waals surface area (Å²) in [5.41, 5.74) is 1.15. The van der Waals surface area contributed by atoms with E-state index >= 15 is 0 Å². The lowest BCUT2D eigenvalue weighted by Gasteiger charge is -2.10. The molecule has 0 radical (unpaired) electrons. The minimum absolute atomic E-state index is 0.183. The fourth-order valence-corrected chi connectivity index (χ4v) is 2.02. The van der Waals surface area contributed by atoms with Gasteiger partial charge in [-0.15, -0.1) is 0 Å². The largest absolute Gasteiger partial charge is 0.380 e. The van der Waals surface area contributed by atoms with Crippen molar-refractivity contribution in [3.05, 3.63) is 24.3 Å². The Kier molecular flexibility index (Phi) is 14.0. The first-order valence-corrected chi connectivity index (χ1v) is 8.79. The van der Waals surface area contributed by atoms with Gasteiger partial charge in [0.25, 0.3) is 0 Å². The van der Waals surface area contributed by atoms with Crippen LogP contribution in [0, 0.1) is 11.8 Å². The van der Waals surface area contributed by atoms with Crippen molar-refractivity contribution in [1.82, 2.24) is 10.6 Å². The molecule has 0 fully saturated rings. The van der Waals surface area contributed by atoms with Gasteiger partial charge in [-0.2, -0.15) is 0 Å². The maximum atomic E-state index is 5.22. The summed E-state index contributed by atoms with van der Waals surface area (Å²) in [5.74, 6) is 0.998. The van der Waals surface area contributed by atoms with Crippen molar-refractivity contribution in [1.29, 1.82) is 0 Å². The molecule has 0 bridgehead atoms. The Morgan fingerprint density at radius 2 is 1.91 bits per heavy atom. The molecule has 23 heavy (non-hydrogen) atoms. The van der Waals surface area contributed by atoms with E-state index in [0.29, 0.717) is 11.8 Å². The predicted octanol–water partition coefficient (Wildman–Crippen LogP) is 3.41. The van der Waals surface area contributed by atoms with Gasteiger partial charge in [0.05, 0.1) is 12.6 Å². The van der Waals surface area contributed by atoms with Gasteiger partial charge < -0.3 is 15.4 Å². The van der Waals surface area contributed by atoms with Crippen LogP contribution in [0.2, 0.25) is 0 Å². The molecule has 0 aliphatic carbocycles. The zero-order valence-corrected chi connectivity index (χ0v) is 15.9. The Balaban J connectivity index is 4.21. The minimum Gasteiger partial charge on any atom is -0.380 e. The quantitative estimate of drug-likeness (QED) is 0.236. The zero-order chi connectivity index (χ0) is 17.5. The molecule has 3 atom stereocenters. The molecule has 0 heterocycles. The molecule has 0 aliphatic rings. The van der Waals surface area contributed by atoms with Crippen molar-refractivity contribution < 1.29 is 4.74 Å². The first-order valence-electron chi connectivity index (χ1n) is 8.79. The van der Waals surface area contributed by atoms with Crippen LogP contribution in [0.4, 0.5) is 0 Å². The van der Waals surface area contributed by atoms with Gasteiger partial charge in [0.1, 0.15) is 0 Å². The third-order valence-corrected chi connectivity index (χ3v) is 4.07. The van der Waals surface area contributed by atoms with Crippen molar-refractivity contribution >= 4 is 5.71 Å². The highest BCUT2D eigenvalue weighted by atomic mass is 16.5. The number of nitrogens with one attached hydrogen (secondary N) is 2. The molecule has 0 aromatic carbocycles. The van der Waals surface area contributed by atoms with Crippen molar-refractivity contribution in [2.45, 2.75) is 46.6 Å². The van der Waals surface area contributed by atoms with Gasteiger partial charge in [-0.1, -0.05) is 38.2 Å². The molecule has 0 rings (SSSR count). The molecular formula is C19H37N3O. The number of nitrogens with zero attached hydrogens (tertiary/aromatic N) is 1. The lowest BCUT2D eigenvalue weighted by molar-refractivity contribution is 0.125. The number of rotatable bonds is 13. The molecule has 4 nitrogen and oxygen atoms in total. The Labute approximate surface area is 143 Å². The van der Waals surface area contributed by atoms with Gasteiger partial charge in [-0.05, 0) is 46.2 Å². The summed E-state index contributed by atoms with van der Waals surface area (Å²) >= 11 is 0. The van der Waals surface area contributed by atoms with Crippen LogP contribution in [-0.4, -0.2) is 45.7 Å². The molecule has 134 valence electrons. The molecule has 0 aromatic heterocycles. The van der Waals surface area contributed by atoms with E-state index in [1.54, 1.807) is 7.11 Å². The van der Waals surface area contributed by atoms with Crippen LogP contribution in [-0.2, 0) is 4.74 Å². The van der Waals surface area contributed by atoms with Crippen LogP contribution in [0.1, 0.15) is 40.5 Å². The van der Waals surface area contributed by atoms with E-state index in [4.69, 9.17) is 4.74 Å². The van der Waals surface area contributed by atoms with E-state index in [-0.39, 0.29) is 6.10 Å². The number of ether oxygens (including phenoxy) is 1. The lowest BCUT2D eigenvalue weighted by Crippen LogP contribution is -2.27. The fourth-order valence-electron chi connectivity index (χ4n) is 2.02. The summed E-state index contributed by atoms with van der Waals surface area (Å²) in [6.45, 7) is 11.2. The van der Waals surface area contributed by atoms with Crippen LogP contribution in [0.3, 0.4) is 0 Å². The summed E-state index contributed by atoms with van der Waals surface area (Å²) in [6.07, 6.45) is 11.4. The minimum atomic E-state index is 0.183. The van der Waals surface area contributed by atoms with Gasteiger partial charge in [-0.3, -0.25) is 4.99 Å². The maximum Gasteiger partial charge on any atom is 0.0738 e. The topological polar surface area (TPSA) is 45.6 Å². The first kappa shape index (κ1) is 22.0. The second-order valence-corrected chi connectivity index (χ2v) is 6.07. The lowest BCUT2D eigenvalue weighted by atomic mass is 10.0. The number of hydrogen-bond acceptors (Lipinski definition) is 4. The molecule has 4 heteroatoms. The number of methoxy groups -OCH3 is 1. The molecule has 2 N–H and O–H groups in total. The van der Waals surface area contributed by atoms with Crippen LogP contribution in [0.15, 0.2) is 29.3 Å². The van der Waals surface area contributed by atoms with Crippen LogP contribution in [0.25, 0.3) is 0 Å².